The van der Waals surface area contributed by atoms with Gasteiger partial charge in [0.25, 0.3) is 0 Å². The molecule has 24 heavy (non-hydrogen) atoms. The number of esters is 1. The van der Waals surface area contributed by atoms with Crippen molar-refractivity contribution in [2.45, 2.75) is 19.8 Å². The van der Waals surface area contributed by atoms with E-state index in [0.717, 1.165) is 28.1 Å². The van der Waals surface area contributed by atoms with Crippen LogP contribution in [0.15, 0.2) is 30.3 Å². The summed E-state index contributed by atoms with van der Waals surface area (Å²) in [5, 5.41) is 0.809. The third-order valence-electron chi connectivity index (χ3n) is 4.03. The Balaban J connectivity index is 1.64. The molecule has 1 unspecified atom stereocenters. The Kier molecular flexibility index (Phi) is 5.25. The molecule has 1 aliphatic rings. The molecule has 0 saturated carbocycles. The maximum Gasteiger partial charge on any atom is 0.310 e. The highest BCUT2D eigenvalue weighted by Gasteiger charge is 2.28. The van der Waals surface area contributed by atoms with Crippen molar-refractivity contribution >= 4 is 39.5 Å². The highest BCUT2D eigenvalue weighted by molar-refractivity contribution is 7.19. The van der Waals surface area contributed by atoms with E-state index in [-0.39, 0.29) is 17.8 Å². The van der Waals surface area contributed by atoms with Crippen LogP contribution in [-0.4, -0.2) is 41.5 Å². The number of rotatable bonds is 4. The van der Waals surface area contributed by atoms with E-state index in [4.69, 9.17) is 4.74 Å². The lowest BCUT2D eigenvalue weighted by Crippen LogP contribution is -2.42. The van der Waals surface area contributed by atoms with Gasteiger partial charge in [0.05, 0.1) is 22.7 Å². The summed E-state index contributed by atoms with van der Waals surface area (Å²) in [4.78, 5) is 30.4. The fourth-order valence-corrected chi connectivity index (χ4v) is 3.71. The Bertz CT molecular complexity index is 735. The smallest absolute Gasteiger partial charge is 0.310 e. The number of nitrogens with zero attached hydrogens (tertiary/aromatic N) is 2. The van der Waals surface area contributed by atoms with Crippen LogP contribution >= 0.6 is 11.3 Å². The van der Waals surface area contributed by atoms with Gasteiger partial charge in [0.15, 0.2) is 0 Å². The van der Waals surface area contributed by atoms with Gasteiger partial charge in [-0.2, -0.15) is 0 Å². The van der Waals surface area contributed by atoms with E-state index < -0.39 is 0 Å². The van der Waals surface area contributed by atoms with Crippen LogP contribution in [0.4, 0.5) is 0 Å². The Morgan fingerprint density at radius 1 is 1.42 bits per heavy atom. The van der Waals surface area contributed by atoms with Crippen molar-refractivity contribution < 1.29 is 14.3 Å². The molecule has 1 saturated heterocycles. The third kappa shape index (κ3) is 3.82. The minimum atomic E-state index is -0.210. The molecule has 1 amide bonds. The first kappa shape index (κ1) is 16.6. The summed E-state index contributed by atoms with van der Waals surface area (Å²) in [5.74, 6) is -0.494. The average Bonchev–Trinajstić information content (AvgIpc) is 3.03. The second kappa shape index (κ2) is 7.57. The van der Waals surface area contributed by atoms with Crippen molar-refractivity contribution in [3.05, 3.63) is 35.3 Å². The van der Waals surface area contributed by atoms with Crippen LogP contribution < -0.4 is 0 Å². The number of carbonyl (C=O) groups excluding carboxylic acids is 2. The van der Waals surface area contributed by atoms with Crippen LogP contribution in [0.3, 0.4) is 0 Å². The number of ether oxygens (including phenoxy) is 1. The Hall–Kier alpha value is -2.21. The predicted octanol–water partition coefficient (Wildman–Crippen LogP) is 3.11. The van der Waals surface area contributed by atoms with Crippen LogP contribution in [-0.2, 0) is 14.3 Å². The molecule has 5 nitrogen and oxygen atoms in total. The summed E-state index contributed by atoms with van der Waals surface area (Å²) in [6.45, 7) is 3.28. The number of hydrogen-bond donors (Lipinski definition) is 0. The van der Waals surface area contributed by atoms with E-state index in [0.29, 0.717) is 19.7 Å². The van der Waals surface area contributed by atoms with Crippen LogP contribution in [0.2, 0.25) is 0 Å². The third-order valence-corrected chi connectivity index (χ3v) is 5.03. The van der Waals surface area contributed by atoms with Gasteiger partial charge < -0.3 is 9.64 Å². The number of piperidine rings is 1. The summed E-state index contributed by atoms with van der Waals surface area (Å²) < 4.78 is 6.17. The average molecular weight is 344 g/mol. The fraction of sp³-hybridized carbons (Fsp3) is 0.389. The zero-order valence-corrected chi connectivity index (χ0v) is 14.4. The Morgan fingerprint density at radius 3 is 3.04 bits per heavy atom. The molecule has 0 bridgehead atoms. The van der Waals surface area contributed by atoms with E-state index >= 15 is 0 Å². The van der Waals surface area contributed by atoms with Gasteiger partial charge in [-0.05, 0) is 38.0 Å². The summed E-state index contributed by atoms with van der Waals surface area (Å²) >= 11 is 1.56. The van der Waals surface area contributed by atoms with Gasteiger partial charge in [-0.3, -0.25) is 9.59 Å². The van der Waals surface area contributed by atoms with E-state index in [2.05, 4.69) is 4.98 Å². The minimum Gasteiger partial charge on any atom is -0.466 e. The number of likely N-dealkylation sites (tertiary alicyclic amines) is 1. The fourth-order valence-electron chi connectivity index (χ4n) is 2.84. The maximum atomic E-state index is 12.4. The summed E-state index contributed by atoms with van der Waals surface area (Å²) in [5.41, 5.74) is 0.940. The van der Waals surface area contributed by atoms with Gasteiger partial charge in [0.1, 0.15) is 5.01 Å². The standard InChI is InChI=1S/C18H20N2O3S/c1-2-23-18(22)13-6-5-11-20(12-13)17(21)10-9-16-19-14-7-3-4-8-15(14)24-16/h3-4,7-10,13H,2,5-6,11-12H2,1H3/b10-9+. The number of carbonyl (C=O) groups is 2. The van der Waals surface area contributed by atoms with Crippen molar-refractivity contribution in [2.24, 2.45) is 5.92 Å². The van der Waals surface area contributed by atoms with Crippen LogP contribution in [0.5, 0.6) is 0 Å². The number of para-hydroxylation sites is 1. The second-order valence-corrected chi connectivity index (χ2v) is 6.79. The molecular formula is C18H20N2O3S. The number of benzene rings is 1. The zero-order valence-electron chi connectivity index (χ0n) is 13.6. The molecule has 1 aromatic heterocycles. The SMILES string of the molecule is CCOC(=O)C1CCCN(C(=O)/C=C/c2nc3ccccc3s2)C1. The Labute approximate surface area is 144 Å². The van der Waals surface area contributed by atoms with Gasteiger partial charge in [0, 0.05) is 19.2 Å². The first-order valence-electron chi connectivity index (χ1n) is 8.16. The normalized spacial score (nSPS) is 18.2. The molecule has 0 radical (unpaired) electrons. The van der Waals surface area contributed by atoms with E-state index in [1.54, 1.807) is 35.3 Å². The molecule has 3 rings (SSSR count). The monoisotopic (exact) mass is 344 g/mol. The first-order chi connectivity index (χ1) is 11.7. The van der Waals surface area contributed by atoms with Gasteiger partial charge >= 0.3 is 5.97 Å². The molecule has 6 heteroatoms. The number of fused-ring (bicyclic) bond motifs is 1. The topological polar surface area (TPSA) is 59.5 Å². The van der Waals surface area contributed by atoms with Crippen molar-refractivity contribution in [1.29, 1.82) is 0 Å². The molecule has 0 spiro atoms. The number of hydrogen-bond acceptors (Lipinski definition) is 5. The summed E-state index contributed by atoms with van der Waals surface area (Å²) in [6.07, 6.45) is 4.90. The Morgan fingerprint density at radius 2 is 2.25 bits per heavy atom. The molecule has 2 aromatic rings. The van der Waals surface area contributed by atoms with Gasteiger partial charge in [-0.15, -0.1) is 11.3 Å². The summed E-state index contributed by atoms with van der Waals surface area (Å²) in [7, 11) is 0. The lowest BCUT2D eigenvalue weighted by molar-refractivity contribution is -0.150. The molecule has 1 atom stereocenters. The molecule has 0 aliphatic carbocycles. The molecule has 2 heterocycles. The molecular weight excluding hydrogens is 324 g/mol. The largest absolute Gasteiger partial charge is 0.466 e. The van der Waals surface area contributed by atoms with E-state index in [1.165, 1.54) is 0 Å². The highest BCUT2D eigenvalue weighted by Crippen LogP contribution is 2.23. The van der Waals surface area contributed by atoms with Crippen LogP contribution in [0.1, 0.15) is 24.8 Å². The first-order valence-corrected chi connectivity index (χ1v) is 8.98. The van der Waals surface area contributed by atoms with Crippen LogP contribution in [0, 0.1) is 5.92 Å². The number of thiazole rings is 1. The van der Waals surface area contributed by atoms with Crippen molar-refractivity contribution in [3.8, 4) is 0 Å². The van der Waals surface area contributed by atoms with Gasteiger partial charge in [0.2, 0.25) is 5.91 Å². The lowest BCUT2D eigenvalue weighted by atomic mass is 9.98. The summed E-state index contributed by atoms with van der Waals surface area (Å²) in [6, 6.07) is 7.90. The van der Waals surface area contributed by atoms with Crippen molar-refractivity contribution in [2.75, 3.05) is 19.7 Å². The number of aromatic nitrogens is 1. The molecule has 1 aliphatic heterocycles. The zero-order chi connectivity index (χ0) is 16.9. The van der Waals surface area contributed by atoms with E-state index in [9.17, 15) is 9.59 Å². The number of amides is 1. The molecule has 1 fully saturated rings. The van der Waals surface area contributed by atoms with Crippen molar-refractivity contribution in [1.82, 2.24) is 9.88 Å². The highest BCUT2D eigenvalue weighted by atomic mass is 32.1. The minimum absolute atomic E-state index is 0.0803. The molecule has 126 valence electrons. The van der Waals surface area contributed by atoms with Gasteiger partial charge in [-0.1, -0.05) is 12.1 Å². The van der Waals surface area contributed by atoms with E-state index in [1.807, 2.05) is 24.3 Å². The van der Waals surface area contributed by atoms with Crippen molar-refractivity contribution in [3.63, 3.8) is 0 Å². The van der Waals surface area contributed by atoms with Crippen LogP contribution in [0.25, 0.3) is 16.3 Å². The quantitative estimate of drug-likeness (QED) is 0.632. The lowest BCUT2D eigenvalue weighted by Gasteiger charge is -2.30. The maximum absolute atomic E-state index is 12.4. The predicted molar refractivity (Wildman–Crippen MR) is 94.6 cm³/mol. The molecule has 1 aromatic carbocycles. The second-order valence-electron chi connectivity index (χ2n) is 5.73. The van der Waals surface area contributed by atoms with Gasteiger partial charge in [-0.25, -0.2) is 4.98 Å². The molecule has 0 N–H and O–H groups in total.